The minimum atomic E-state index is -0.531. The molecule has 0 aromatic heterocycles. The molecule has 2 rings (SSSR count). The van der Waals surface area contributed by atoms with Gasteiger partial charge in [-0.15, -0.1) is 12.4 Å². The fourth-order valence-electron chi connectivity index (χ4n) is 2.42. The average molecular weight is 367 g/mol. The van der Waals surface area contributed by atoms with Gasteiger partial charge in [0.05, 0.1) is 12.7 Å². The molecule has 0 heterocycles. The Balaban J connectivity index is 0.00000312. The van der Waals surface area contributed by atoms with E-state index < -0.39 is 11.7 Å². The highest BCUT2D eigenvalue weighted by molar-refractivity contribution is 5.95. The summed E-state index contributed by atoms with van der Waals surface area (Å²) in [6, 6.07) is 12.1. The van der Waals surface area contributed by atoms with Crippen molar-refractivity contribution in [1.29, 1.82) is 0 Å². The number of halogens is 2. The standard InChI is InChI=1S/C19H23FN2O2.ClH/c1-4-21-13(2)12-22-19(23)17-10-7-15(11-18(17)20)14-5-8-16(24-3)9-6-14;/h5-11,13,21H,4,12H2,1-3H3,(H,22,23);1H/t13-;/m1./s1. The summed E-state index contributed by atoms with van der Waals surface area (Å²) in [5.41, 5.74) is 1.63. The van der Waals surface area contributed by atoms with Gasteiger partial charge in [-0.25, -0.2) is 4.39 Å². The van der Waals surface area contributed by atoms with Crippen LogP contribution in [-0.2, 0) is 0 Å². The Morgan fingerprint density at radius 3 is 2.36 bits per heavy atom. The molecule has 0 unspecified atom stereocenters. The monoisotopic (exact) mass is 366 g/mol. The van der Waals surface area contributed by atoms with Crippen LogP contribution in [0, 0.1) is 5.82 Å². The fourth-order valence-corrected chi connectivity index (χ4v) is 2.42. The third-order valence-electron chi connectivity index (χ3n) is 3.76. The van der Waals surface area contributed by atoms with Crippen molar-refractivity contribution in [2.24, 2.45) is 0 Å². The molecule has 1 amide bonds. The van der Waals surface area contributed by atoms with Crippen LogP contribution in [0.1, 0.15) is 24.2 Å². The molecule has 0 bridgehead atoms. The number of hydrogen-bond acceptors (Lipinski definition) is 3. The van der Waals surface area contributed by atoms with Gasteiger partial charge in [-0.3, -0.25) is 4.79 Å². The van der Waals surface area contributed by atoms with E-state index in [0.717, 1.165) is 17.9 Å². The van der Waals surface area contributed by atoms with Crippen LogP contribution in [-0.4, -0.2) is 32.1 Å². The Labute approximate surface area is 154 Å². The van der Waals surface area contributed by atoms with E-state index in [1.54, 1.807) is 13.2 Å². The predicted molar refractivity (Wildman–Crippen MR) is 101 cm³/mol. The van der Waals surface area contributed by atoms with Gasteiger partial charge < -0.3 is 15.4 Å². The van der Waals surface area contributed by atoms with Gasteiger partial charge in [0.1, 0.15) is 11.6 Å². The SMILES string of the molecule is CCN[C@H](C)CNC(=O)c1ccc(-c2ccc(OC)cc2)cc1F.Cl. The summed E-state index contributed by atoms with van der Waals surface area (Å²) >= 11 is 0. The summed E-state index contributed by atoms with van der Waals surface area (Å²) in [5.74, 6) is -0.194. The summed E-state index contributed by atoms with van der Waals surface area (Å²) in [5, 5.41) is 5.93. The number of amides is 1. The largest absolute Gasteiger partial charge is 0.497 e. The van der Waals surface area contributed by atoms with E-state index in [0.29, 0.717) is 12.1 Å². The first-order valence-corrected chi connectivity index (χ1v) is 8.00. The molecule has 25 heavy (non-hydrogen) atoms. The van der Waals surface area contributed by atoms with Gasteiger partial charge in [0.2, 0.25) is 0 Å². The molecule has 2 aromatic rings. The van der Waals surface area contributed by atoms with Crippen LogP contribution in [0.2, 0.25) is 0 Å². The summed E-state index contributed by atoms with van der Waals surface area (Å²) in [4.78, 5) is 12.1. The highest BCUT2D eigenvalue weighted by Gasteiger charge is 2.13. The predicted octanol–water partition coefficient (Wildman–Crippen LogP) is 3.65. The molecule has 0 aliphatic heterocycles. The van der Waals surface area contributed by atoms with Gasteiger partial charge in [0.25, 0.3) is 5.91 Å². The second-order valence-electron chi connectivity index (χ2n) is 5.59. The Kier molecular flexibility index (Phi) is 8.38. The molecule has 0 saturated heterocycles. The Bertz CT molecular complexity index is 692. The lowest BCUT2D eigenvalue weighted by atomic mass is 10.0. The van der Waals surface area contributed by atoms with Crippen LogP contribution >= 0.6 is 12.4 Å². The molecule has 0 aliphatic carbocycles. The molecule has 2 aromatic carbocycles. The van der Waals surface area contributed by atoms with E-state index >= 15 is 0 Å². The van der Waals surface area contributed by atoms with Crippen molar-refractivity contribution >= 4 is 18.3 Å². The number of carbonyl (C=O) groups excluding carboxylic acids is 1. The number of carbonyl (C=O) groups is 1. The van der Waals surface area contributed by atoms with Crippen molar-refractivity contribution in [3.63, 3.8) is 0 Å². The summed E-state index contributed by atoms with van der Waals surface area (Å²) < 4.78 is 19.4. The number of hydrogen-bond donors (Lipinski definition) is 2. The third-order valence-corrected chi connectivity index (χ3v) is 3.76. The Morgan fingerprint density at radius 2 is 1.80 bits per heavy atom. The number of likely N-dealkylation sites (N-methyl/N-ethyl adjacent to an activating group) is 1. The van der Waals surface area contributed by atoms with E-state index in [1.807, 2.05) is 38.1 Å². The zero-order valence-corrected chi connectivity index (χ0v) is 15.5. The van der Waals surface area contributed by atoms with Crippen LogP contribution in [0.3, 0.4) is 0 Å². The lowest BCUT2D eigenvalue weighted by Gasteiger charge is -2.13. The van der Waals surface area contributed by atoms with Crippen molar-refractivity contribution in [3.8, 4) is 16.9 Å². The summed E-state index contributed by atoms with van der Waals surface area (Å²) in [7, 11) is 1.60. The minimum Gasteiger partial charge on any atom is -0.497 e. The highest BCUT2D eigenvalue weighted by Crippen LogP contribution is 2.24. The first-order chi connectivity index (χ1) is 11.5. The Morgan fingerprint density at radius 1 is 1.16 bits per heavy atom. The van der Waals surface area contributed by atoms with Crippen molar-refractivity contribution in [2.75, 3.05) is 20.2 Å². The maximum atomic E-state index is 14.3. The average Bonchev–Trinajstić information content (AvgIpc) is 2.60. The van der Waals surface area contributed by atoms with Crippen LogP contribution in [0.4, 0.5) is 4.39 Å². The van der Waals surface area contributed by atoms with Crippen LogP contribution in [0.15, 0.2) is 42.5 Å². The molecule has 0 fully saturated rings. The van der Waals surface area contributed by atoms with E-state index in [-0.39, 0.29) is 24.0 Å². The molecule has 0 spiro atoms. The lowest BCUT2D eigenvalue weighted by molar-refractivity contribution is 0.0946. The van der Waals surface area contributed by atoms with E-state index in [4.69, 9.17) is 4.74 Å². The molecule has 0 saturated carbocycles. The van der Waals surface area contributed by atoms with Crippen molar-refractivity contribution in [2.45, 2.75) is 19.9 Å². The maximum Gasteiger partial charge on any atom is 0.254 e. The molecule has 6 heteroatoms. The number of methoxy groups -OCH3 is 1. The number of nitrogens with one attached hydrogen (secondary N) is 2. The zero-order valence-electron chi connectivity index (χ0n) is 14.6. The topological polar surface area (TPSA) is 50.4 Å². The molecular formula is C19H24ClFN2O2. The fraction of sp³-hybridized carbons (Fsp3) is 0.316. The summed E-state index contributed by atoms with van der Waals surface area (Å²) in [6.45, 7) is 5.23. The first-order valence-electron chi connectivity index (χ1n) is 8.00. The van der Waals surface area contributed by atoms with Crippen LogP contribution < -0.4 is 15.4 Å². The first kappa shape index (κ1) is 20.9. The van der Waals surface area contributed by atoms with E-state index in [9.17, 15) is 9.18 Å². The number of ether oxygens (including phenoxy) is 1. The second-order valence-corrected chi connectivity index (χ2v) is 5.59. The summed E-state index contributed by atoms with van der Waals surface area (Å²) in [6.07, 6.45) is 0. The minimum absolute atomic E-state index is 0. The van der Waals surface area contributed by atoms with Crippen LogP contribution in [0.25, 0.3) is 11.1 Å². The smallest absolute Gasteiger partial charge is 0.254 e. The van der Waals surface area contributed by atoms with E-state index in [1.165, 1.54) is 12.1 Å². The normalized spacial score (nSPS) is 11.4. The molecule has 4 nitrogen and oxygen atoms in total. The van der Waals surface area contributed by atoms with Gasteiger partial charge in [-0.1, -0.05) is 25.1 Å². The molecule has 1 atom stereocenters. The van der Waals surface area contributed by atoms with Crippen molar-refractivity contribution in [3.05, 3.63) is 53.8 Å². The zero-order chi connectivity index (χ0) is 17.5. The second kappa shape index (κ2) is 10.0. The van der Waals surface area contributed by atoms with Gasteiger partial charge in [0, 0.05) is 12.6 Å². The van der Waals surface area contributed by atoms with Gasteiger partial charge in [-0.05, 0) is 48.9 Å². The number of benzene rings is 2. The lowest BCUT2D eigenvalue weighted by Crippen LogP contribution is -2.39. The van der Waals surface area contributed by atoms with Crippen molar-refractivity contribution in [1.82, 2.24) is 10.6 Å². The number of rotatable bonds is 7. The van der Waals surface area contributed by atoms with Gasteiger partial charge in [0.15, 0.2) is 0 Å². The quantitative estimate of drug-likeness (QED) is 0.786. The Hall–Kier alpha value is -2.11. The van der Waals surface area contributed by atoms with E-state index in [2.05, 4.69) is 10.6 Å². The molecule has 0 radical (unpaired) electrons. The highest BCUT2D eigenvalue weighted by atomic mass is 35.5. The molecule has 136 valence electrons. The molecule has 2 N–H and O–H groups in total. The molecular weight excluding hydrogens is 343 g/mol. The van der Waals surface area contributed by atoms with Crippen molar-refractivity contribution < 1.29 is 13.9 Å². The third kappa shape index (κ3) is 5.73. The molecule has 0 aliphatic rings. The van der Waals surface area contributed by atoms with Crippen LogP contribution in [0.5, 0.6) is 5.75 Å². The maximum absolute atomic E-state index is 14.3. The van der Waals surface area contributed by atoms with Gasteiger partial charge in [-0.2, -0.15) is 0 Å². The van der Waals surface area contributed by atoms with Gasteiger partial charge >= 0.3 is 0 Å².